The zero-order valence-electron chi connectivity index (χ0n) is 15.4. The van der Waals surface area contributed by atoms with Gasteiger partial charge in [0.05, 0.1) is 12.1 Å². The number of nitrogens with zero attached hydrogens (tertiary/aromatic N) is 1. The smallest absolute Gasteiger partial charge is 0.416 e. The van der Waals surface area contributed by atoms with Crippen LogP contribution >= 0.6 is 12.2 Å². The average Bonchev–Trinajstić information content (AvgIpc) is 3.29. The summed E-state index contributed by atoms with van der Waals surface area (Å²) in [4.78, 5) is 14.1. The number of thiocarbonyl (C=S) groups is 1. The number of benzene rings is 2. The van der Waals surface area contributed by atoms with Gasteiger partial charge in [-0.05, 0) is 42.0 Å². The Bertz CT molecular complexity index is 1140. The highest BCUT2D eigenvalue weighted by Gasteiger charge is 2.32. The lowest BCUT2D eigenvalue weighted by molar-refractivity contribution is -0.137. The molecule has 8 heteroatoms. The quantitative estimate of drug-likeness (QED) is 0.457. The highest BCUT2D eigenvalue weighted by Crippen LogP contribution is 2.33. The van der Waals surface area contributed by atoms with Gasteiger partial charge in [0.15, 0.2) is 5.11 Å². The monoisotopic (exact) mass is 428 g/mol. The maximum Gasteiger partial charge on any atom is 0.416 e. The van der Waals surface area contributed by atoms with Gasteiger partial charge in [-0.3, -0.25) is 9.69 Å². The maximum absolute atomic E-state index is 12.9. The van der Waals surface area contributed by atoms with Crippen molar-refractivity contribution in [1.82, 2.24) is 10.2 Å². The van der Waals surface area contributed by atoms with E-state index in [-0.39, 0.29) is 22.5 Å². The summed E-state index contributed by atoms with van der Waals surface area (Å²) in [5.74, 6) is 0.283. The van der Waals surface area contributed by atoms with Crippen molar-refractivity contribution in [2.45, 2.75) is 12.7 Å². The summed E-state index contributed by atoms with van der Waals surface area (Å²) < 4.78 is 44.4. The Hall–Kier alpha value is -3.39. The van der Waals surface area contributed by atoms with Gasteiger partial charge in [0.2, 0.25) is 0 Å². The molecule has 0 radical (unpaired) electrons. The molecule has 0 saturated carbocycles. The van der Waals surface area contributed by atoms with E-state index < -0.39 is 11.7 Å². The number of rotatable bonds is 4. The van der Waals surface area contributed by atoms with Crippen LogP contribution in [0, 0.1) is 0 Å². The molecule has 0 atom stereocenters. The zero-order chi connectivity index (χ0) is 21.3. The summed E-state index contributed by atoms with van der Waals surface area (Å²) in [5.41, 5.74) is 0.703. The molecule has 152 valence electrons. The summed E-state index contributed by atoms with van der Waals surface area (Å²) in [7, 11) is 0. The Balaban J connectivity index is 1.55. The van der Waals surface area contributed by atoms with Gasteiger partial charge in [0.25, 0.3) is 5.91 Å². The maximum atomic E-state index is 12.9. The van der Waals surface area contributed by atoms with Crippen molar-refractivity contribution in [3.63, 3.8) is 0 Å². The molecular weight excluding hydrogens is 413 g/mol. The van der Waals surface area contributed by atoms with Gasteiger partial charge in [-0.25, -0.2) is 0 Å². The summed E-state index contributed by atoms with van der Waals surface area (Å²) in [6.45, 7) is 0.330. The molecule has 0 unspecified atom stereocenters. The van der Waals surface area contributed by atoms with Crippen LogP contribution in [0.4, 0.5) is 13.2 Å². The normalized spacial score (nSPS) is 15.7. The summed E-state index contributed by atoms with van der Waals surface area (Å²) in [6, 6.07) is 17.4. The third-order valence-corrected chi connectivity index (χ3v) is 4.86. The molecular formula is C22H15F3N2O2S. The molecule has 2 aromatic carbocycles. The summed E-state index contributed by atoms with van der Waals surface area (Å²) in [6.07, 6.45) is -2.96. The van der Waals surface area contributed by atoms with Crippen LogP contribution < -0.4 is 5.32 Å². The molecule has 4 nitrogen and oxygen atoms in total. The predicted molar refractivity (Wildman–Crippen MR) is 110 cm³/mol. The second-order valence-corrected chi connectivity index (χ2v) is 7.03. The second kappa shape index (κ2) is 7.79. The van der Waals surface area contributed by atoms with Gasteiger partial charge < -0.3 is 9.73 Å². The van der Waals surface area contributed by atoms with Crippen molar-refractivity contribution < 1.29 is 22.4 Å². The van der Waals surface area contributed by atoms with Crippen LogP contribution in [0.25, 0.3) is 17.4 Å². The number of furan rings is 1. The third-order valence-electron chi connectivity index (χ3n) is 4.53. The molecule has 0 spiro atoms. The average molecular weight is 428 g/mol. The van der Waals surface area contributed by atoms with E-state index in [4.69, 9.17) is 16.6 Å². The van der Waals surface area contributed by atoms with Crippen LogP contribution in [-0.2, 0) is 17.5 Å². The van der Waals surface area contributed by atoms with E-state index >= 15 is 0 Å². The SMILES string of the molecule is O=C1C(=Cc2ccc(-c3cccc(C(F)(F)F)c3)o2)NC(=S)N1Cc1ccccc1. The Kier molecular flexibility index (Phi) is 5.17. The number of amides is 1. The van der Waals surface area contributed by atoms with E-state index in [1.165, 1.54) is 23.1 Å². The largest absolute Gasteiger partial charge is 0.457 e. The molecule has 1 aliphatic rings. The first-order valence-corrected chi connectivity index (χ1v) is 9.38. The highest BCUT2D eigenvalue weighted by atomic mass is 32.1. The molecule has 1 aromatic heterocycles. The van der Waals surface area contributed by atoms with Crippen LogP contribution in [-0.4, -0.2) is 15.9 Å². The molecule has 1 amide bonds. The van der Waals surface area contributed by atoms with Crippen molar-refractivity contribution in [1.29, 1.82) is 0 Å². The van der Waals surface area contributed by atoms with Crippen LogP contribution in [0.5, 0.6) is 0 Å². The lowest BCUT2D eigenvalue weighted by Crippen LogP contribution is -2.29. The first-order valence-electron chi connectivity index (χ1n) is 8.97. The van der Waals surface area contributed by atoms with Crippen LogP contribution in [0.3, 0.4) is 0 Å². The van der Waals surface area contributed by atoms with Crippen LogP contribution in [0.15, 0.2) is 76.8 Å². The molecule has 1 saturated heterocycles. The number of hydrogen-bond donors (Lipinski definition) is 1. The number of nitrogens with one attached hydrogen (secondary N) is 1. The first kappa shape index (κ1) is 19.9. The van der Waals surface area contributed by atoms with Crippen molar-refractivity contribution in [3.8, 4) is 11.3 Å². The van der Waals surface area contributed by atoms with Crippen LogP contribution in [0.2, 0.25) is 0 Å². The van der Waals surface area contributed by atoms with Crippen LogP contribution in [0.1, 0.15) is 16.9 Å². The molecule has 1 aliphatic heterocycles. The number of hydrogen-bond acceptors (Lipinski definition) is 3. The topological polar surface area (TPSA) is 45.5 Å². The molecule has 30 heavy (non-hydrogen) atoms. The van der Waals surface area contributed by atoms with E-state index in [0.717, 1.165) is 17.7 Å². The molecule has 1 N–H and O–H groups in total. The van der Waals surface area contributed by atoms with E-state index in [2.05, 4.69) is 5.32 Å². The standard InChI is InChI=1S/C22H15F3N2O2S/c23-22(24,25)16-8-4-7-15(11-16)19-10-9-17(29-19)12-18-20(28)27(21(30)26-18)13-14-5-2-1-3-6-14/h1-12H,13H2,(H,26,30). The Labute approximate surface area is 175 Å². The molecule has 3 aromatic rings. The van der Waals surface area contributed by atoms with Crippen molar-refractivity contribution >= 4 is 29.3 Å². The minimum Gasteiger partial charge on any atom is -0.457 e. The fraction of sp³-hybridized carbons (Fsp3) is 0.0909. The fourth-order valence-corrected chi connectivity index (χ4v) is 3.32. The Morgan fingerprint density at radius 3 is 2.53 bits per heavy atom. The van der Waals surface area contributed by atoms with Gasteiger partial charge in [-0.1, -0.05) is 42.5 Å². The van der Waals surface area contributed by atoms with E-state index in [1.54, 1.807) is 12.1 Å². The first-order chi connectivity index (χ1) is 14.3. The van der Waals surface area contributed by atoms with Crippen molar-refractivity contribution in [3.05, 3.63) is 89.3 Å². The minimum atomic E-state index is -4.44. The number of alkyl halides is 3. The lowest BCUT2D eigenvalue weighted by Gasteiger charge is -2.13. The predicted octanol–water partition coefficient (Wildman–Crippen LogP) is 5.22. The van der Waals surface area contributed by atoms with Gasteiger partial charge in [0.1, 0.15) is 17.2 Å². The Morgan fingerprint density at radius 1 is 1.03 bits per heavy atom. The second-order valence-electron chi connectivity index (χ2n) is 6.65. The van der Waals surface area contributed by atoms with Crippen molar-refractivity contribution in [2.24, 2.45) is 0 Å². The fourth-order valence-electron chi connectivity index (χ4n) is 3.06. The number of carbonyl (C=O) groups is 1. The Morgan fingerprint density at radius 2 is 1.80 bits per heavy atom. The zero-order valence-corrected chi connectivity index (χ0v) is 16.3. The molecule has 0 bridgehead atoms. The van der Waals surface area contributed by atoms with Gasteiger partial charge >= 0.3 is 6.18 Å². The van der Waals surface area contributed by atoms with Crippen molar-refractivity contribution in [2.75, 3.05) is 0 Å². The van der Waals surface area contributed by atoms with Gasteiger partial charge in [0, 0.05) is 11.6 Å². The van der Waals surface area contributed by atoms with E-state index in [0.29, 0.717) is 17.9 Å². The van der Waals surface area contributed by atoms with E-state index in [9.17, 15) is 18.0 Å². The molecule has 1 fully saturated rings. The number of carbonyl (C=O) groups excluding carboxylic acids is 1. The summed E-state index contributed by atoms with van der Waals surface area (Å²) >= 11 is 5.26. The minimum absolute atomic E-state index is 0.237. The lowest BCUT2D eigenvalue weighted by atomic mass is 10.1. The van der Waals surface area contributed by atoms with Gasteiger partial charge in [-0.2, -0.15) is 13.2 Å². The molecule has 2 heterocycles. The highest BCUT2D eigenvalue weighted by molar-refractivity contribution is 7.80. The molecule has 4 rings (SSSR count). The van der Waals surface area contributed by atoms with Gasteiger partial charge in [-0.15, -0.1) is 0 Å². The number of halogens is 3. The third kappa shape index (κ3) is 4.13. The molecule has 0 aliphatic carbocycles. The summed E-state index contributed by atoms with van der Waals surface area (Å²) in [5, 5.41) is 3.14. The van der Waals surface area contributed by atoms with E-state index in [1.807, 2.05) is 30.3 Å².